The molecular weight excluding hydrogens is 356 g/mol. The highest BCUT2D eigenvalue weighted by molar-refractivity contribution is 6.10. The van der Waals surface area contributed by atoms with E-state index in [4.69, 9.17) is 8.83 Å². The molecule has 0 unspecified atom stereocenters. The number of aromatic nitrogens is 2. The SMILES string of the molecule is Cc1oc2ncnc(N3CCCCC3)c2c1C(=O)N[C@H](C)CCc1ccco1. The second-order valence-corrected chi connectivity index (χ2v) is 7.45. The van der Waals surface area contributed by atoms with Crippen molar-refractivity contribution in [3.05, 3.63) is 41.8 Å². The maximum atomic E-state index is 13.1. The Bertz CT molecular complexity index is 942. The fraction of sp³-hybridized carbons (Fsp3) is 0.476. The van der Waals surface area contributed by atoms with Gasteiger partial charge in [0, 0.05) is 25.6 Å². The lowest BCUT2D eigenvalue weighted by Crippen LogP contribution is -2.34. The van der Waals surface area contributed by atoms with Gasteiger partial charge in [-0.3, -0.25) is 4.79 Å². The number of nitrogens with one attached hydrogen (secondary N) is 1. The Morgan fingerprint density at radius 1 is 1.29 bits per heavy atom. The minimum atomic E-state index is -0.142. The number of piperidine rings is 1. The van der Waals surface area contributed by atoms with Gasteiger partial charge in [-0.1, -0.05) is 0 Å². The molecule has 1 fully saturated rings. The predicted octanol–water partition coefficient (Wildman–Crippen LogP) is 3.87. The van der Waals surface area contributed by atoms with E-state index in [2.05, 4.69) is 20.2 Å². The third-order valence-corrected chi connectivity index (χ3v) is 5.31. The summed E-state index contributed by atoms with van der Waals surface area (Å²) in [5, 5.41) is 3.81. The maximum Gasteiger partial charge on any atom is 0.255 e. The largest absolute Gasteiger partial charge is 0.469 e. The Morgan fingerprint density at radius 3 is 2.86 bits per heavy atom. The van der Waals surface area contributed by atoms with Gasteiger partial charge < -0.3 is 19.1 Å². The van der Waals surface area contributed by atoms with Gasteiger partial charge in [-0.2, -0.15) is 0 Å². The van der Waals surface area contributed by atoms with Crippen molar-refractivity contribution in [3.63, 3.8) is 0 Å². The molecule has 28 heavy (non-hydrogen) atoms. The first-order valence-electron chi connectivity index (χ1n) is 9.96. The normalized spacial score (nSPS) is 15.7. The van der Waals surface area contributed by atoms with Crippen molar-refractivity contribution < 1.29 is 13.6 Å². The summed E-state index contributed by atoms with van der Waals surface area (Å²) < 4.78 is 11.2. The Labute approximate surface area is 164 Å². The van der Waals surface area contributed by atoms with E-state index >= 15 is 0 Å². The van der Waals surface area contributed by atoms with Crippen molar-refractivity contribution in [2.75, 3.05) is 18.0 Å². The highest BCUT2D eigenvalue weighted by atomic mass is 16.3. The van der Waals surface area contributed by atoms with Crippen LogP contribution in [0.2, 0.25) is 0 Å². The number of carbonyl (C=O) groups is 1. The molecule has 1 atom stereocenters. The second kappa shape index (κ2) is 8.04. The van der Waals surface area contributed by atoms with Crippen LogP contribution in [0.4, 0.5) is 5.82 Å². The van der Waals surface area contributed by atoms with Crippen molar-refractivity contribution in [2.24, 2.45) is 0 Å². The highest BCUT2D eigenvalue weighted by Gasteiger charge is 2.26. The zero-order chi connectivity index (χ0) is 19.5. The lowest BCUT2D eigenvalue weighted by Gasteiger charge is -2.28. The second-order valence-electron chi connectivity index (χ2n) is 7.45. The van der Waals surface area contributed by atoms with Crippen LogP contribution in [0.1, 0.15) is 54.5 Å². The summed E-state index contributed by atoms with van der Waals surface area (Å²) in [7, 11) is 0. The average Bonchev–Trinajstić information content (AvgIpc) is 3.33. The van der Waals surface area contributed by atoms with E-state index in [1.54, 1.807) is 6.26 Å². The molecule has 0 aromatic carbocycles. The molecule has 7 nitrogen and oxygen atoms in total. The first-order chi connectivity index (χ1) is 13.6. The van der Waals surface area contributed by atoms with Crippen molar-refractivity contribution >= 4 is 22.8 Å². The van der Waals surface area contributed by atoms with Gasteiger partial charge in [0.1, 0.15) is 23.7 Å². The molecule has 1 saturated heterocycles. The van der Waals surface area contributed by atoms with E-state index in [0.717, 1.165) is 55.7 Å². The molecule has 148 valence electrons. The van der Waals surface area contributed by atoms with Gasteiger partial charge in [0.05, 0.1) is 17.2 Å². The molecule has 0 aliphatic carbocycles. The van der Waals surface area contributed by atoms with E-state index in [0.29, 0.717) is 17.0 Å². The van der Waals surface area contributed by atoms with Crippen LogP contribution < -0.4 is 10.2 Å². The van der Waals surface area contributed by atoms with Crippen LogP contribution in [-0.4, -0.2) is 35.0 Å². The Balaban J connectivity index is 1.56. The molecule has 4 heterocycles. The average molecular weight is 382 g/mol. The van der Waals surface area contributed by atoms with E-state index in [-0.39, 0.29) is 11.9 Å². The number of amides is 1. The quantitative estimate of drug-likeness (QED) is 0.697. The van der Waals surface area contributed by atoms with Gasteiger partial charge in [-0.25, -0.2) is 9.97 Å². The molecule has 0 spiro atoms. The number of furan rings is 2. The molecule has 0 saturated carbocycles. The molecule has 0 bridgehead atoms. The van der Waals surface area contributed by atoms with E-state index in [9.17, 15) is 4.79 Å². The Hall–Kier alpha value is -2.83. The predicted molar refractivity (Wildman–Crippen MR) is 107 cm³/mol. The number of rotatable bonds is 6. The van der Waals surface area contributed by atoms with Crippen LogP contribution in [0.5, 0.6) is 0 Å². The zero-order valence-electron chi connectivity index (χ0n) is 16.4. The van der Waals surface area contributed by atoms with Crippen LogP contribution in [-0.2, 0) is 6.42 Å². The summed E-state index contributed by atoms with van der Waals surface area (Å²) in [4.78, 5) is 24.1. The summed E-state index contributed by atoms with van der Waals surface area (Å²) >= 11 is 0. The monoisotopic (exact) mass is 382 g/mol. The van der Waals surface area contributed by atoms with Crippen molar-refractivity contribution in [1.29, 1.82) is 0 Å². The van der Waals surface area contributed by atoms with Crippen molar-refractivity contribution in [1.82, 2.24) is 15.3 Å². The molecule has 0 radical (unpaired) electrons. The molecule has 7 heteroatoms. The number of fused-ring (bicyclic) bond motifs is 1. The molecule has 1 aliphatic rings. The summed E-state index contributed by atoms with van der Waals surface area (Å²) in [5.74, 6) is 2.16. The smallest absolute Gasteiger partial charge is 0.255 e. The van der Waals surface area contributed by atoms with Crippen molar-refractivity contribution in [2.45, 2.75) is 52.0 Å². The number of aryl methyl sites for hydroxylation is 2. The fourth-order valence-electron chi connectivity index (χ4n) is 3.83. The third kappa shape index (κ3) is 3.74. The summed E-state index contributed by atoms with van der Waals surface area (Å²) in [6, 6.07) is 3.83. The van der Waals surface area contributed by atoms with Gasteiger partial charge in [0.2, 0.25) is 5.71 Å². The van der Waals surface area contributed by atoms with Gasteiger partial charge in [-0.15, -0.1) is 0 Å². The Morgan fingerprint density at radius 2 is 2.11 bits per heavy atom. The van der Waals surface area contributed by atoms with E-state index in [1.165, 1.54) is 12.7 Å². The molecule has 3 aromatic rings. The zero-order valence-corrected chi connectivity index (χ0v) is 16.4. The van der Waals surface area contributed by atoms with Gasteiger partial charge >= 0.3 is 0 Å². The number of carbonyl (C=O) groups excluding carboxylic acids is 1. The number of anilines is 1. The van der Waals surface area contributed by atoms with Crippen LogP contribution in [0.3, 0.4) is 0 Å². The van der Waals surface area contributed by atoms with Gasteiger partial charge in [0.25, 0.3) is 5.91 Å². The number of hydrogen-bond donors (Lipinski definition) is 1. The van der Waals surface area contributed by atoms with E-state index in [1.807, 2.05) is 26.0 Å². The lowest BCUT2D eigenvalue weighted by molar-refractivity contribution is 0.0938. The fourth-order valence-corrected chi connectivity index (χ4v) is 3.83. The molecule has 1 amide bonds. The van der Waals surface area contributed by atoms with Crippen LogP contribution in [0.15, 0.2) is 33.6 Å². The Kier molecular flexibility index (Phi) is 5.32. The van der Waals surface area contributed by atoms with Crippen LogP contribution in [0.25, 0.3) is 11.1 Å². The maximum absolute atomic E-state index is 13.1. The molecule has 3 aromatic heterocycles. The summed E-state index contributed by atoms with van der Waals surface area (Å²) in [6.07, 6.45) is 8.26. The standard InChI is InChI=1S/C21H26N4O3/c1-14(8-9-16-7-6-12-27-16)24-20(26)17-15(2)28-21-18(17)19(22-13-23-21)25-10-4-3-5-11-25/h6-7,12-14H,3-5,8-11H2,1-2H3,(H,24,26)/t14-/m1/s1. The minimum Gasteiger partial charge on any atom is -0.469 e. The topological polar surface area (TPSA) is 84.4 Å². The van der Waals surface area contributed by atoms with Crippen LogP contribution >= 0.6 is 0 Å². The first kappa shape index (κ1) is 18.5. The van der Waals surface area contributed by atoms with Gasteiger partial charge in [-0.05, 0) is 51.7 Å². The lowest BCUT2D eigenvalue weighted by atomic mass is 10.1. The van der Waals surface area contributed by atoms with Crippen LogP contribution in [0, 0.1) is 6.92 Å². The van der Waals surface area contributed by atoms with Crippen molar-refractivity contribution in [3.8, 4) is 0 Å². The molecule has 1 aliphatic heterocycles. The molecule has 1 N–H and O–H groups in total. The molecule has 4 rings (SSSR count). The summed E-state index contributed by atoms with van der Waals surface area (Å²) in [6.45, 7) is 5.69. The van der Waals surface area contributed by atoms with Gasteiger partial charge in [0.15, 0.2) is 0 Å². The highest BCUT2D eigenvalue weighted by Crippen LogP contribution is 2.32. The third-order valence-electron chi connectivity index (χ3n) is 5.31. The number of hydrogen-bond acceptors (Lipinski definition) is 6. The number of nitrogens with zero attached hydrogens (tertiary/aromatic N) is 3. The first-order valence-corrected chi connectivity index (χ1v) is 9.96. The molecular formula is C21H26N4O3. The van der Waals surface area contributed by atoms with E-state index < -0.39 is 0 Å². The minimum absolute atomic E-state index is 0.00465. The summed E-state index contributed by atoms with van der Waals surface area (Å²) in [5.41, 5.74) is 1.02.